The molecule has 0 aliphatic carbocycles. The number of aromatic nitrogens is 1. The van der Waals surface area contributed by atoms with Crippen molar-refractivity contribution in [2.45, 2.75) is 6.61 Å². The summed E-state index contributed by atoms with van der Waals surface area (Å²) in [6.45, 7) is 0.509. The summed E-state index contributed by atoms with van der Waals surface area (Å²) in [5.41, 5.74) is 12.0. The van der Waals surface area contributed by atoms with Gasteiger partial charge in [0.2, 0.25) is 0 Å². The van der Waals surface area contributed by atoms with Crippen LogP contribution in [0.25, 0.3) is 22.4 Å². The Kier molecular flexibility index (Phi) is 6.05. The van der Waals surface area contributed by atoms with E-state index in [9.17, 15) is 5.26 Å². The van der Waals surface area contributed by atoms with Crippen LogP contribution in [0.2, 0.25) is 0 Å². The van der Waals surface area contributed by atoms with Gasteiger partial charge in [0.05, 0.1) is 5.69 Å². The molecule has 0 spiro atoms. The van der Waals surface area contributed by atoms with Gasteiger partial charge >= 0.3 is 0 Å². The first-order valence-corrected chi connectivity index (χ1v) is 10.3. The fourth-order valence-electron chi connectivity index (χ4n) is 3.46. The zero-order valence-corrected chi connectivity index (χ0v) is 18.1. The lowest BCUT2D eigenvalue weighted by molar-refractivity contribution is 0.306. The molecule has 2 N–H and O–H groups in total. The zero-order chi connectivity index (χ0) is 22.5. The lowest BCUT2D eigenvalue weighted by Crippen LogP contribution is -2.08. The van der Waals surface area contributed by atoms with Crippen LogP contribution in [-0.4, -0.2) is 19.1 Å². The van der Waals surface area contributed by atoms with Gasteiger partial charge in [0.25, 0.3) is 0 Å². The van der Waals surface area contributed by atoms with Crippen molar-refractivity contribution in [3.05, 3.63) is 96.1 Å². The number of nitrogen functional groups attached to an aromatic ring is 1. The Balaban J connectivity index is 1.61. The number of rotatable bonds is 6. The summed E-state index contributed by atoms with van der Waals surface area (Å²) >= 11 is 0. The van der Waals surface area contributed by atoms with Gasteiger partial charge in [0.1, 0.15) is 29.8 Å². The molecule has 0 aliphatic rings. The highest BCUT2D eigenvalue weighted by atomic mass is 16.5. The van der Waals surface area contributed by atoms with Crippen molar-refractivity contribution >= 4 is 11.5 Å². The molecule has 4 aromatic rings. The van der Waals surface area contributed by atoms with Gasteiger partial charge in [-0.15, -0.1) is 0 Å². The third-order valence-electron chi connectivity index (χ3n) is 5.25. The molecule has 0 atom stereocenters. The number of pyridine rings is 1. The van der Waals surface area contributed by atoms with Crippen LogP contribution < -0.4 is 15.4 Å². The average molecular weight is 421 g/mol. The normalized spacial score (nSPS) is 10.4. The molecule has 1 heterocycles. The Labute approximate surface area is 188 Å². The summed E-state index contributed by atoms with van der Waals surface area (Å²) in [6.07, 6.45) is 0. The largest absolute Gasteiger partial charge is 0.489 e. The third kappa shape index (κ3) is 4.55. The Morgan fingerprint density at radius 3 is 2.19 bits per heavy atom. The van der Waals surface area contributed by atoms with Gasteiger partial charge in [-0.25, -0.2) is 4.98 Å². The smallest absolute Gasteiger partial charge is 0.142 e. The van der Waals surface area contributed by atoms with E-state index in [1.54, 1.807) is 0 Å². The molecule has 0 saturated carbocycles. The van der Waals surface area contributed by atoms with E-state index in [0.29, 0.717) is 17.9 Å². The third-order valence-corrected chi connectivity index (χ3v) is 5.25. The maximum Gasteiger partial charge on any atom is 0.142 e. The molecule has 4 rings (SSSR count). The lowest BCUT2D eigenvalue weighted by Gasteiger charge is -2.14. The van der Waals surface area contributed by atoms with E-state index < -0.39 is 0 Å². The van der Waals surface area contributed by atoms with Gasteiger partial charge in [-0.3, -0.25) is 0 Å². The predicted octanol–water partition coefficient (Wildman–Crippen LogP) is 5.51. The van der Waals surface area contributed by atoms with E-state index in [1.165, 1.54) is 0 Å². The van der Waals surface area contributed by atoms with Crippen LogP contribution in [0.1, 0.15) is 11.1 Å². The Hall–Kier alpha value is -4.30. The standard InChI is InChI=1S/C27H24N4O/c1-31(2)22-12-8-20(9-13-22)24-16-26(30-27(29)25(24)17-28)21-10-14-23(15-11-21)32-18-19-6-4-3-5-7-19/h3-16H,18H2,1-2H3,(H2,29,30). The number of nitrogens with two attached hydrogens (primary N) is 1. The van der Waals surface area contributed by atoms with Crippen molar-refractivity contribution in [2.24, 2.45) is 0 Å². The first kappa shape index (κ1) is 21.0. The Bertz CT molecular complexity index is 1240. The topological polar surface area (TPSA) is 75.2 Å². The van der Waals surface area contributed by atoms with Gasteiger partial charge < -0.3 is 15.4 Å². The average Bonchev–Trinajstić information content (AvgIpc) is 2.83. The molecule has 5 heteroatoms. The second kappa shape index (κ2) is 9.23. The molecule has 0 unspecified atom stereocenters. The van der Waals surface area contributed by atoms with E-state index in [2.05, 4.69) is 11.1 Å². The van der Waals surface area contributed by atoms with Crippen LogP contribution in [0.5, 0.6) is 5.75 Å². The van der Waals surface area contributed by atoms with Gasteiger partial charge in [-0.05, 0) is 53.6 Å². The van der Waals surface area contributed by atoms with Crippen molar-refractivity contribution in [1.29, 1.82) is 5.26 Å². The van der Waals surface area contributed by atoms with Crippen LogP contribution in [0.15, 0.2) is 84.9 Å². The van der Waals surface area contributed by atoms with E-state index in [0.717, 1.165) is 33.7 Å². The maximum atomic E-state index is 9.66. The van der Waals surface area contributed by atoms with Crippen LogP contribution >= 0.6 is 0 Å². The number of ether oxygens (including phenoxy) is 1. The summed E-state index contributed by atoms with van der Waals surface area (Å²) < 4.78 is 5.87. The van der Waals surface area contributed by atoms with Gasteiger partial charge in [0.15, 0.2) is 0 Å². The molecular weight excluding hydrogens is 396 g/mol. The number of hydrogen-bond acceptors (Lipinski definition) is 5. The highest BCUT2D eigenvalue weighted by Gasteiger charge is 2.14. The van der Waals surface area contributed by atoms with E-state index in [4.69, 9.17) is 10.5 Å². The number of benzene rings is 3. The molecule has 32 heavy (non-hydrogen) atoms. The van der Waals surface area contributed by atoms with Crippen molar-refractivity contribution in [1.82, 2.24) is 4.98 Å². The maximum absolute atomic E-state index is 9.66. The Morgan fingerprint density at radius 1 is 0.906 bits per heavy atom. The summed E-state index contributed by atoms with van der Waals surface area (Å²) in [7, 11) is 3.98. The summed E-state index contributed by atoms with van der Waals surface area (Å²) in [6, 6.07) is 29.9. The number of anilines is 2. The SMILES string of the molecule is CN(C)c1ccc(-c2cc(-c3ccc(OCc4ccccc4)cc3)nc(N)c2C#N)cc1. The molecule has 0 aliphatic heterocycles. The molecule has 1 aromatic heterocycles. The quantitative estimate of drug-likeness (QED) is 0.445. The first-order valence-electron chi connectivity index (χ1n) is 10.3. The number of nitriles is 1. The Morgan fingerprint density at radius 2 is 1.56 bits per heavy atom. The van der Waals surface area contributed by atoms with Gasteiger partial charge in [-0.1, -0.05) is 42.5 Å². The highest BCUT2D eigenvalue weighted by Crippen LogP contribution is 2.32. The second-order valence-electron chi connectivity index (χ2n) is 7.67. The minimum absolute atomic E-state index is 0.223. The molecular formula is C27H24N4O. The predicted molar refractivity (Wildman–Crippen MR) is 129 cm³/mol. The van der Waals surface area contributed by atoms with Crippen molar-refractivity contribution in [3.8, 4) is 34.2 Å². The van der Waals surface area contributed by atoms with E-state index in [1.807, 2.05) is 104 Å². The summed E-state index contributed by atoms with van der Waals surface area (Å²) in [4.78, 5) is 6.51. The molecule has 3 aromatic carbocycles. The highest BCUT2D eigenvalue weighted by molar-refractivity contribution is 5.80. The van der Waals surface area contributed by atoms with Crippen LogP contribution in [0.3, 0.4) is 0 Å². The summed E-state index contributed by atoms with van der Waals surface area (Å²) in [5.74, 6) is 1.000. The molecule has 0 fully saturated rings. The first-order chi connectivity index (χ1) is 15.5. The minimum atomic E-state index is 0.223. The molecule has 0 radical (unpaired) electrons. The lowest BCUT2D eigenvalue weighted by atomic mass is 9.98. The number of hydrogen-bond donors (Lipinski definition) is 1. The van der Waals surface area contributed by atoms with Crippen LogP contribution in [0.4, 0.5) is 11.5 Å². The van der Waals surface area contributed by atoms with Crippen molar-refractivity contribution < 1.29 is 4.74 Å². The fraction of sp³-hybridized carbons (Fsp3) is 0.111. The monoisotopic (exact) mass is 420 g/mol. The fourth-order valence-corrected chi connectivity index (χ4v) is 3.46. The van der Waals surface area contributed by atoms with Crippen LogP contribution in [-0.2, 0) is 6.61 Å². The summed E-state index contributed by atoms with van der Waals surface area (Å²) in [5, 5.41) is 9.66. The van der Waals surface area contributed by atoms with Crippen molar-refractivity contribution in [3.63, 3.8) is 0 Å². The van der Waals surface area contributed by atoms with E-state index >= 15 is 0 Å². The zero-order valence-electron chi connectivity index (χ0n) is 18.1. The van der Waals surface area contributed by atoms with Gasteiger partial charge in [-0.2, -0.15) is 5.26 Å². The number of nitrogens with zero attached hydrogens (tertiary/aromatic N) is 3. The second-order valence-corrected chi connectivity index (χ2v) is 7.67. The molecule has 5 nitrogen and oxygen atoms in total. The molecule has 158 valence electrons. The molecule has 0 saturated heterocycles. The minimum Gasteiger partial charge on any atom is -0.489 e. The van der Waals surface area contributed by atoms with Crippen molar-refractivity contribution in [2.75, 3.05) is 24.7 Å². The molecule has 0 bridgehead atoms. The molecule has 0 amide bonds. The van der Waals surface area contributed by atoms with Gasteiger partial charge in [0, 0.05) is 30.9 Å². The van der Waals surface area contributed by atoms with Crippen LogP contribution in [0, 0.1) is 11.3 Å². The van der Waals surface area contributed by atoms with E-state index in [-0.39, 0.29) is 5.82 Å².